The number of anilines is 1. The number of nitriles is 1. The van der Waals surface area contributed by atoms with Crippen LogP contribution in [0.3, 0.4) is 0 Å². The van der Waals surface area contributed by atoms with Crippen LogP contribution in [0, 0.1) is 24.1 Å². The lowest BCUT2D eigenvalue weighted by atomic mass is 9.99. The summed E-state index contributed by atoms with van der Waals surface area (Å²) in [6.45, 7) is 2.79. The Hall–Kier alpha value is -4.62. The van der Waals surface area contributed by atoms with Crippen molar-refractivity contribution in [1.82, 2.24) is 9.61 Å². The molecule has 43 heavy (non-hydrogen) atoms. The minimum absolute atomic E-state index is 0.0365. The van der Waals surface area contributed by atoms with Crippen molar-refractivity contribution in [3.8, 4) is 28.7 Å². The van der Waals surface area contributed by atoms with Gasteiger partial charge >= 0.3 is 0 Å². The molecule has 4 aromatic rings. The van der Waals surface area contributed by atoms with Gasteiger partial charge in [0.2, 0.25) is 0 Å². The number of aromatic hydroxyl groups is 1. The van der Waals surface area contributed by atoms with Gasteiger partial charge in [0.25, 0.3) is 0 Å². The third-order valence-electron chi connectivity index (χ3n) is 8.36. The van der Waals surface area contributed by atoms with E-state index in [9.17, 15) is 9.50 Å². The maximum atomic E-state index is 14.7. The highest BCUT2D eigenvalue weighted by Gasteiger charge is 2.40. The largest absolute Gasteiger partial charge is 0.508 e. The summed E-state index contributed by atoms with van der Waals surface area (Å²) in [5, 5.41) is 27.2. The molecule has 2 aliphatic rings. The summed E-state index contributed by atoms with van der Waals surface area (Å²) in [5.74, 6) is -0.262. The van der Waals surface area contributed by atoms with Crippen molar-refractivity contribution in [2.75, 3.05) is 19.0 Å². The van der Waals surface area contributed by atoms with E-state index in [4.69, 9.17) is 27.3 Å². The van der Waals surface area contributed by atoms with Gasteiger partial charge in [-0.3, -0.25) is 0 Å². The Morgan fingerprint density at radius 3 is 2.91 bits per heavy atom. The highest BCUT2D eigenvalue weighted by molar-refractivity contribution is 6.33. The SMILES string of the molecule is COc1ccc(-c2cc3c(N[C@@H]4CC5=[N+](CCC#N)[C@@H](CC5)C4)c(C(N)=Nc4c(F)cc(O)cc4Cl)cnn3c2)c(C)c1. The van der Waals surface area contributed by atoms with E-state index in [1.807, 2.05) is 31.3 Å². The summed E-state index contributed by atoms with van der Waals surface area (Å²) in [6, 6.07) is 12.9. The van der Waals surface area contributed by atoms with Crippen LogP contribution in [0.2, 0.25) is 5.02 Å². The summed E-state index contributed by atoms with van der Waals surface area (Å²) < 4.78 is 24.3. The Balaban J connectivity index is 1.44. The van der Waals surface area contributed by atoms with Crippen molar-refractivity contribution in [1.29, 1.82) is 5.26 Å². The minimum Gasteiger partial charge on any atom is -0.508 e. The highest BCUT2D eigenvalue weighted by Crippen LogP contribution is 2.36. The van der Waals surface area contributed by atoms with Crippen molar-refractivity contribution in [2.45, 2.75) is 51.1 Å². The zero-order valence-corrected chi connectivity index (χ0v) is 24.7. The minimum atomic E-state index is -0.783. The molecule has 6 rings (SSSR count). The number of aryl methyl sites for hydroxylation is 1. The second-order valence-electron chi connectivity index (χ2n) is 11.1. The van der Waals surface area contributed by atoms with Gasteiger partial charge in [-0.1, -0.05) is 17.7 Å². The quantitative estimate of drug-likeness (QED) is 0.130. The number of phenolic OH excluding ortho intramolecular Hbond substituents is 1. The van der Waals surface area contributed by atoms with Crippen LogP contribution in [0.5, 0.6) is 11.5 Å². The van der Waals surface area contributed by atoms with Gasteiger partial charge in [0, 0.05) is 55.6 Å². The van der Waals surface area contributed by atoms with Crippen LogP contribution in [0.4, 0.5) is 15.8 Å². The molecule has 2 aromatic carbocycles. The highest BCUT2D eigenvalue weighted by atomic mass is 35.5. The van der Waals surface area contributed by atoms with Gasteiger partial charge in [-0.05, 0) is 36.2 Å². The fourth-order valence-electron chi connectivity index (χ4n) is 6.35. The number of halogens is 2. The molecule has 0 saturated heterocycles. The lowest BCUT2D eigenvalue weighted by Crippen LogP contribution is -2.39. The molecule has 4 heterocycles. The second kappa shape index (κ2) is 11.6. The molecule has 4 N–H and O–H groups in total. The number of rotatable bonds is 8. The van der Waals surface area contributed by atoms with Crippen molar-refractivity contribution >= 4 is 40.0 Å². The number of hydrogen-bond acceptors (Lipinski definition) is 6. The molecule has 2 aliphatic heterocycles. The Labute approximate surface area is 253 Å². The molecule has 9 nitrogen and oxygen atoms in total. The number of nitrogens with one attached hydrogen (secondary N) is 1. The number of fused-ring (bicyclic) bond motifs is 2. The summed E-state index contributed by atoms with van der Waals surface area (Å²) in [6.07, 6.45) is 7.95. The summed E-state index contributed by atoms with van der Waals surface area (Å²) in [7, 11) is 1.65. The predicted molar refractivity (Wildman–Crippen MR) is 165 cm³/mol. The third-order valence-corrected chi connectivity index (χ3v) is 8.64. The number of phenols is 1. The molecule has 220 valence electrons. The first-order valence-electron chi connectivity index (χ1n) is 14.2. The number of amidine groups is 1. The fraction of sp³-hybridized carbons (Fsp3) is 0.312. The van der Waals surface area contributed by atoms with E-state index in [0.29, 0.717) is 18.0 Å². The van der Waals surface area contributed by atoms with E-state index in [2.05, 4.69) is 32.1 Å². The molecule has 0 amide bonds. The number of aromatic nitrogens is 2. The number of nitrogens with zero attached hydrogens (tertiary/aromatic N) is 5. The van der Waals surface area contributed by atoms with Crippen molar-refractivity contribution in [2.24, 2.45) is 10.7 Å². The van der Waals surface area contributed by atoms with Gasteiger partial charge in [0.1, 0.15) is 23.0 Å². The normalized spacial score (nSPS) is 18.3. The first-order chi connectivity index (χ1) is 20.7. The number of hydrogen-bond donors (Lipinski definition) is 3. The van der Waals surface area contributed by atoms with Gasteiger partial charge < -0.3 is 20.9 Å². The van der Waals surface area contributed by atoms with Crippen LogP contribution >= 0.6 is 11.6 Å². The zero-order chi connectivity index (χ0) is 30.2. The lowest BCUT2D eigenvalue weighted by molar-refractivity contribution is -0.562. The number of methoxy groups -OCH3 is 1. The van der Waals surface area contributed by atoms with Crippen LogP contribution in [-0.4, -0.2) is 56.6 Å². The molecule has 0 fully saturated rings. The molecule has 0 aliphatic carbocycles. The summed E-state index contributed by atoms with van der Waals surface area (Å²) in [4.78, 5) is 4.35. The van der Waals surface area contributed by atoms with Gasteiger partial charge in [0.05, 0.1) is 47.6 Å². The molecule has 0 radical (unpaired) electrons. The molecule has 11 heteroatoms. The first kappa shape index (κ1) is 28.5. The van der Waals surface area contributed by atoms with Gasteiger partial charge in [-0.2, -0.15) is 10.4 Å². The Morgan fingerprint density at radius 2 is 2.19 bits per heavy atom. The Bertz CT molecular complexity index is 1820. The average Bonchev–Trinajstić information content (AvgIpc) is 3.51. The van der Waals surface area contributed by atoms with Crippen molar-refractivity contribution < 1.29 is 18.8 Å². The monoisotopic (exact) mass is 600 g/mol. The lowest BCUT2D eigenvalue weighted by Gasteiger charge is -2.26. The van der Waals surface area contributed by atoms with Gasteiger partial charge in [-0.25, -0.2) is 18.5 Å². The van der Waals surface area contributed by atoms with E-state index in [1.54, 1.807) is 17.8 Å². The Morgan fingerprint density at radius 1 is 1.35 bits per heavy atom. The first-order valence-corrected chi connectivity index (χ1v) is 14.6. The molecule has 0 saturated carbocycles. The van der Waals surface area contributed by atoms with E-state index in [-0.39, 0.29) is 28.3 Å². The molecule has 2 bridgehead atoms. The molecule has 2 atom stereocenters. The molecule has 0 unspecified atom stereocenters. The van der Waals surface area contributed by atoms with Crippen molar-refractivity contribution in [3.05, 3.63) is 70.8 Å². The summed E-state index contributed by atoms with van der Waals surface area (Å²) >= 11 is 6.22. The number of nitrogens with two attached hydrogens (primary N) is 1. The van der Waals surface area contributed by atoms with Crippen molar-refractivity contribution in [3.63, 3.8) is 0 Å². The van der Waals surface area contributed by atoms with E-state index in [0.717, 1.165) is 71.9 Å². The zero-order valence-electron chi connectivity index (χ0n) is 23.9. The maximum Gasteiger partial charge on any atom is 0.156 e. The molecular weight excluding hydrogens is 569 g/mol. The van der Waals surface area contributed by atoms with E-state index < -0.39 is 5.82 Å². The number of aliphatic imine (C=N–C) groups is 1. The van der Waals surface area contributed by atoms with E-state index in [1.165, 1.54) is 11.8 Å². The molecular formula is C32H32ClFN7O2+. The van der Waals surface area contributed by atoms with Gasteiger partial charge in [-0.15, -0.1) is 0 Å². The van der Waals surface area contributed by atoms with Crippen LogP contribution in [0.1, 0.15) is 43.2 Å². The van der Waals surface area contributed by atoms with Gasteiger partial charge in [0.15, 0.2) is 24.1 Å². The van der Waals surface area contributed by atoms with Crippen LogP contribution in [-0.2, 0) is 0 Å². The second-order valence-corrected chi connectivity index (χ2v) is 11.5. The van der Waals surface area contributed by atoms with E-state index >= 15 is 0 Å². The standard InChI is InChI=1S/C32H31ClFN7O2/c1-18-10-24(43-2)6-7-25(18)19-11-29-30(38-20-12-21-4-5-22(13-20)40(21)9-3-8-35)26(16-37-41(29)17-19)32(36)39-31-27(33)14-23(42)15-28(31)34/h6-7,10-11,14-17,20-21H,3-5,9,12-13H2,1-2H3,(H3-,36,37,38,39,42)/p+1/t20-,21-/m0/s1. The fourth-order valence-corrected chi connectivity index (χ4v) is 6.60. The smallest absolute Gasteiger partial charge is 0.156 e. The Kier molecular flexibility index (Phi) is 7.67. The molecule has 0 spiro atoms. The summed E-state index contributed by atoms with van der Waals surface area (Å²) in [5.41, 5.74) is 12.8. The maximum absolute atomic E-state index is 14.7. The topological polar surface area (TPSA) is 124 Å². The third kappa shape index (κ3) is 5.48. The van der Waals surface area contributed by atoms with Crippen LogP contribution in [0.25, 0.3) is 16.6 Å². The number of benzene rings is 2. The number of ether oxygens (including phenoxy) is 1. The average molecular weight is 601 g/mol. The predicted octanol–water partition coefficient (Wildman–Crippen LogP) is 5.96. The molecule has 2 aromatic heterocycles. The van der Waals surface area contributed by atoms with Crippen LogP contribution < -0.4 is 15.8 Å². The van der Waals surface area contributed by atoms with Crippen LogP contribution in [0.15, 0.2) is 53.8 Å².